The predicted molar refractivity (Wildman–Crippen MR) is 116 cm³/mol. The van der Waals surface area contributed by atoms with E-state index in [0.717, 1.165) is 47.5 Å². The molecular formula is C22H22N4O3S. The lowest BCUT2D eigenvalue weighted by molar-refractivity contribution is -0.119. The number of H-pyrrole nitrogens is 1. The van der Waals surface area contributed by atoms with E-state index in [0.29, 0.717) is 13.1 Å². The number of anilines is 1. The summed E-state index contributed by atoms with van der Waals surface area (Å²) in [7, 11) is 0. The third-order valence-electron chi connectivity index (χ3n) is 5.66. The maximum absolute atomic E-state index is 12.4. The number of ether oxygens (including phenoxy) is 1. The molecule has 1 aromatic carbocycles. The number of nitrogens with one attached hydrogen (secondary N) is 2. The number of rotatable bonds is 4. The highest BCUT2D eigenvalue weighted by atomic mass is 32.1. The van der Waals surface area contributed by atoms with Gasteiger partial charge in [-0.1, -0.05) is 6.07 Å². The van der Waals surface area contributed by atoms with Crippen LogP contribution in [0.1, 0.15) is 24.5 Å². The lowest BCUT2D eigenvalue weighted by Crippen LogP contribution is -2.33. The van der Waals surface area contributed by atoms with Gasteiger partial charge in [0.05, 0.1) is 24.5 Å². The molecule has 2 N–H and O–H groups in total. The van der Waals surface area contributed by atoms with Gasteiger partial charge in [0.2, 0.25) is 5.91 Å². The first-order chi connectivity index (χ1) is 14.6. The van der Waals surface area contributed by atoms with Crippen molar-refractivity contribution in [3.05, 3.63) is 46.2 Å². The van der Waals surface area contributed by atoms with Crippen LogP contribution in [0.5, 0.6) is 0 Å². The van der Waals surface area contributed by atoms with Gasteiger partial charge in [-0.3, -0.25) is 14.8 Å². The Labute approximate surface area is 178 Å². The molecule has 30 heavy (non-hydrogen) atoms. The third kappa shape index (κ3) is 3.37. The fraction of sp³-hybridized carbons (Fsp3) is 0.318. The highest BCUT2D eigenvalue weighted by Gasteiger charge is 2.33. The van der Waals surface area contributed by atoms with Crippen molar-refractivity contribution in [3.8, 4) is 22.5 Å². The van der Waals surface area contributed by atoms with E-state index in [4.69, 9.17) is 4.74 Å². The van der Waals surface area contributed by atoms with Crippen molar-refractivity contribution in [2.24, 2.45) is 0 Å². The molecule has 2 aliphatic rings. The molecule has 1 aliphatic heterocycles. The number of fused-ring (bicyclic) bond motifs is 3. The largest absolute Gasteiger partial charge is 0.442 e. The molecule has 0 bridgehead atoms. The number of amides is 2. The van der Waals surface area contributed by atoms with E-state index in [1.807, 2.05) is 6.07 Å². The summed E-state index contributed by atoms with van der Waals surface area (Å²) in [5.41, 5.74) is 7.69. The number of benzene rings is 1. The maximum Gasteiger partial charge on any atom is 0.414 e. The van der Waals surface area contributed by atoms with E-state index in [-0.39, 0.29) is 18.1 Å². The summed E-state index contributed by atoms with van der Waals surface area (Å²) in [6, 6.07) is 8.21. The van der Waals surface area contributed by atoms with Gasteiger partial charge in [-0.05, 0) is 48.4 Å². The Morgan fingerprint density at radius 3 is 3.07 bits per heavy atom. The Bertz CT molecular complexity index is 1110. The molecule has 0 radical (unpaired) electrons. The molecule has 1 aliphatic carbocycles. The summed E-state index contributed by atoms with van der Waals surface area (Å²) in [6.07, 6.45) is 2.21. The standard InChI is InChI=1S/C22H22N4O3S/c1-13(27)23-10-17-11-26(22(28)29-17)16-5-6-18-14(9-16)3-2-4-19-20(24-25-21(18)19)15-7-8-30-12-15/h5-9,12,17H,2-4,10-11H2,1H3,(H,23,27)(H,24,25). The average Bonchev–Trinajstić information content (AvgIpc) is 3.44. The second-order valence-corrected chi connectivity index (χ2v) is 8.47. The molecule has 5 rings (SSSR count). The van der Waals surface area contributed by atoms with Gasteiger partial charge in [0.1, 0.15) is 6.10 Å². The molecule has 2 aromatic heterocycles. The van der Waals surface area contributed by atoms with E-state index in [2.05, 4.69) is 44.5 Å². The van der Waals surface area contributed by atoms with Crippen molar-refractivity contribution in [1.29, 1.82) is 0 Å². The SMILES string of the molecule is CC(=O)NCC1CN(c2ccc3c(c2)CCCc2c(-c4ccsc4)n[nH]c2-3)C(=O)O1. The van der Waals surface area contributed by atoms with Crippen LogP contribution < -0.4 is 10.2 Å². The maximum atomic E-state index is 12.4. The first-order valence-corrected chi connectivity index (χ1v) is 11.0. The zero-order valence-electron chi connectivity index (χ0n) is 16.6. The van der Waals surface area contributed by atoms with Crippen molar-refractivity contribution in [1.82, 2.24) is 15.5 Å². The third-order valence-corrected chi connectivity index (χ3v) is 6.34. The number of aromatic amines is 1. The van der Waals surface area contributed by atoms with Crippen LogP contribution in [0, 0.1) is 0 Å². The molecular weight excluding hydrogens is 400 g/mol. The fourth-order valence-electron chi connectivity index (χ4n) is 4.22. The highest BCUT2D eigenvalue weighted by Crippen LogP contribution is 2.38. The van der Waals surface area contributed by atoms with Gasteiger partial charge in [0.25, 0.3) is 0 Å². The van der Waals surface area contributed by atoms with Crippen molar-refractivity contribution in [2.75, 3.05) is 18.0 Å². The van der Waals surface area contributed by atoms with Crippen molar-refractivity contribution < 1.29 is 14.3 Å². The fourth-order valence-corrected chi connectivity index (χ4v) is 4.86. The number of carbonyl (C=O) groups excluding carboxylic acids is 2. The number of aromatic nitrogens is 2. The molecule has 1 fully saturated rings. The molecule has 0 spiro atoms. The predicted octanol–water partition coefficient (Wildman–Crippen LogP) is 3.76. The van der Waals surface area contributed by atoms with Gasteiger partial charge in [0, 0.05) is 34.7 Å². The van der Waals surface area contributed by atoms with Crippen LogP contribution in [0.4, 0.5) is 10.5 Å². The van der Waals surface area contributed by atoms with Crippen LogP contribution >= 0.6 is 11.3 Å². The van der Waals surface area contributed by atoms with E-state index in [1.165, 1.54) is 18.1 Å². The summed E-state index contributed by atoms with van der Waals surface area (Å²) in [6.45, 7) is 2.20. The zero-order valence-corrected chi connectivity index (χ0v) is 17.4. The minimum Gasteiger partial charge on any atom is -0.442 e. The smallest absolute Gasteiger partial charge is 0.414 e. The summed E-state index contributed by atoms with van der Waals surface area (Å²) in [5.74, 6) is -0.133. The first kappa shape index (κ1) is 18.9. The Morgan fingerprint density at radius 1 is 1.37 bits per heavy atom. The summed E-state index contributed by atoms with van der Waals surface area (Å²) in [5, 5.41) is 14.8. The molecule has 3 aromatic rings. The molecule has 1 saturated heterocycles. The topological polar surface area (TPSA) is 87.3 Å². The summed E-state index contributed by atoms with van der Waals surface area (Å²) in [4.78, 5) is 25.1. The van der Waals surface area contributed by atoms with Crippen LogP contribution in [0.2, 0.25) is 0 Å². The number of thiophene rings is 1. The van der Waals surface area contributed by atoms with E-state index in [9.17, 15) is 9.59 Å². The van der Waals surface area contributed by atoms with Crippen molar-refractivity contribution >= 4 is 29.0 Å². The van der Waals surface area contributed by atoms with Crippen LogP contribution in [0.3, 0.4) is 0 Å². The number of aryl methyl sites for hydroxylation is 1. The molecule has 154 valence electrons. The molecule has 7 nitrogen and oxygen atoms in total. The van der Waals surface area contributed by atoms with Crippen molar-refractivity contribution in [2.45, 2.75) is 32.3 Å². The Balaban J connectivity index is 1.43. The molecule has 3 heterocycles. The van der Waals surface area contributed by atoms with E-state index < -0.39 is 0 Å². The minimum atomic E-state index is -0.374. The van der Waals surface area contributed by atoms with Gasteiger partial charge in [-0.15, -0.1) is 0 Å². The molecule has 2 amide bonds. The molecule has 0 saturated carbocycles. The Kier molecular flexibility index (Phi) is 4.78. The van der Waals surface area contributed by atoms with Crippen LogP contribution in [-0.2, 0) is 22.4 Å². The summed E-state index contributed by atoms with van der Waals surface area (Å²) >= 11 is 1.67. The van der Waals surface area contributed by atoms with Crippen molar-refractivity contribution in [3.63, 3.8) is 0 Å². The van der Waals surface area contributed by atoms with E-state index >= 15 is 0 Å². The normalized spacial score (nSPS) is 17.8. The lowest BCUT2D eigenvalue weighted by atomic mass is 10.00. The Hall–Kier alpha value is -3.13. The minimum absolute atomic E-state index is 0.133. The highest BCUT2D eigenvalue weighted by molar-refractivity contribution is 7.08. The van der Waals surface area contributed by atoms with Gasteiger partial charge < -0.3 is 10.1 Å². The number of hydrogen-bond donors (Lipinski definition) is 2. The first-order valence-electron chi connectivity index (χ1n) is 10.1. The molecule has 1 atom stereocenters. The summed E-state index contributed by atoms with van der Waals surface area (Å²) < 4.78 is 5.41. The second-order valence-electron chi connectivity index (χ2n) is 7.69. The second kappa shape index (κ2) is 7.60. The van der Waals surface area contributed by atoms with Crippen LogP contribution in [0.25, 0.3) is 22.5 Å². The van der Waals surface area contributed by atoms with Gasteiger partial charge >= 0.3 is 6.09 Å². The number of carbonyl (C=O) groups is 2. The number of hydrogen-bond acceptors (Lipinski definition) is 5. The van der Waals surface area contributed by atoms with Gasteiger partial charge in [0.15, 0.2) is 0 Å². The molecule has 8 heteroatoms. The quantitative estimate of drug-likeness (QED) is 0.670. The lowest BCUT2D eigenvalue weighted by Gasteiger charge is -2.16. The van der Waals surface area contributed by atoms with E-state index in [1.54, 1.807) is 16.2 Å². The van der Waals surface area contributed by atoms with Gasteiger partial charge in [-0.2, -0.15) is 16.4 Å². The monoisotopic (exact) mass is 422 g/mol. The zero-order chi connectivity index (χ0) is 20.7. The number of cyclic esters (lactones) is 1. The molecule has 1 unspecified atom stereocenters. The van der Waals surface area contributed by atoms with Crippen LogP contribution in [-0.4, -0.2) is 41.4 Å². The van der Waals surface area contributed by atoms with Crippen LogP contribution in [0.15, 0.2) is 35.0 Å². The average molecular weight is 423 g/mol. The number of nitrogens with zero attached hydrogens (tertiary/aromatic N) is 2. The van der Waals surface area contributed by atoms with Gasteiger partial charge in [-0.25, -0.2) is 4.79 Å². The Morgan fingerprint density at radius 2 is 2.27 bits per heavy atom.